The van der Waals surface area contributed by atoms with Crippen molar-refractivity contribution in [2.45, 2.75) is 40.0 Å². The van der Waals surface area contributed by atoms with E-state index in [2.05, 4.69) is 32.9 Å². The average molecular weight is 232 g/mol. The van der Waals surface area contributed by atoms with E-state index in [4.69, 9.17) is 4.74 Å². The van der Waals surface area contributed by atoms with Gasteiger partial charge in [0.25, 0.3) is 0 Å². The summed E-state index contributed by atoms with van der Waals surface area (Å²) in [5.41, 5.74) is 5.25. The standard InChI is InChI=1S/C15H20O2/c1-5-17-15(16)13-8-12(13)14-10(3)6-9(2)7-11(14)4/h6-7,12-13H,5,8H2,1-4H3/t12-,13+/m0/s1. The fourth-order valence-corrected chi connectivity index (χ4v) is 2.80. The lowest BCUT2D eigenvalue weighted by atomic mass is 9.95. The third-order valence-electron chi connectivity index (χ3n) is 3.49. The molecule has 2 heteroatoms. The minimum atomic E-state index is -0.0307. The predicted octanol–water partition coefficient (Wildman–Crippen LogP) is 3.28. The summed E-state index contributed by atoms with van der Waals surface area (Å²) >= 11 is 0. The lowest BCUT2D eigenvalue weighted by Crippen LogP contribution is -2.08. The van der Waals surface area contributed by atoms with Gasteiger partial charge < -0.3 is 4.74 Å². The van der Waals surface area contributed by atoms with Gasteiger partial charge in [-0.05, 0) is 56.7 Å². The molecule has 2 atom stereocenters. The summed E-state index contributed by atoms with van der Waals surface area (Å²) in [5.74, 6) is 0.446. The van der Waals surface area contributed by atoms with Gasteiger partial charge in [-0.3, -0.25) is 4.79 Å². The van der Waals surface area contributed by atoms with Crippen LogP contribution in [0.5, 0.6) is 0 Å². The molecule has 0 aliphatic heterocycles. The Labute approximate surface area is 103 Å². The first-order chi connectivity index (χ1) is 8.04. The topological polar surface area (TPSA) is 26.3 Å². The van der Waals surface area contributed by atoms with Crippen molar-refractivity contribution < 1.29 is 9.53 Å². The first kappa shape index (κ1) is 12.2. The first-order valence-electron chi connectivity index (χ1n) is 6.29. The zero-order chi connectivity index (χ0) is 12.6. The van der Waals surface area contributed by atoms with Gasteiger partial charge >= 0.3 is 5.97 Å². The number of rotatable bonds is 3. The van der Waals surface area contributed by atoms with Crippen LogP contribution in [0.2, 0.25) is 0 Å². The Kier molecular flexibility index (Phi) is 3.23. The molecule has 2 nitrogen and oxygen atoms in total. The molecule has 0 bridgehead atoms. The Morgan fingerprint density at radius 2 is 1.88 bits per heavy atom. The number of hydrogen-bond donors (Lipinski definition) is 0. The molecule has 0 heterocycles. The van der Waals surface area contributed by atoms with Crippen LogP contribution in [0.1, 0.15) is 41.5 Å². The van der Waals surface area contributed by atoms with E-state index in [1.165, 1.54) is 22.3 Å². The highest BCUT2D eigenvalue weighted by atomic mass is 16.5. The molecule has 0 saturated heterocycles. The number of carbonyl (C=O) groups is 1. The van der Waals surface area contributed by atoms with Crippen molar-refractivity contribution in [3.63, 3.8) is 0 Å². The van der Waals surface area contributed by atoms with Crippen LogP contribution in [0.15, 0.2) is 12.1 Å². The lowest BCUT2D eigenvalue weighted by molar-refractivity contribution is -0.144. The molecule has 0 spiro atoms. The summed E-state index contributed by atoms with van der Waals surface area (Å²) in [7, 11) is 0. The maximum absolute atomic E-state index is 11.7. The zero-order valence-corrected chi connectivity index (χ0v) is 11.0. The van der Waals surface area contributed by atoms with Crippen LogP contribution in [0.4, 0.5) is 0 Å². The molecule has 0 amide bonds. The van der Waals surface area contributed by atoms with Crippen LogP contribution < -0.4 is 0 Å². The van der Waals surface area contributed by atoms with Crippen LogP contribution in [0.25, 0.3) is 0 Å². The third-order valence-corrected chi connectivity index (χ3v) is 3.49. The average Bonchev–Trinajstić information content (AvgIpc) is 2.96. The second-order valence-electron chi connectivity index (χ2n) is 5.01. The molecule has 0 N–H and O–H groups in total. The molecule has 17 heavy (non-hydrogen) atoms. The van der Waals surface area contributed by atoms with Crippen molar-refractivity contribution in [1.82, 2.24) is 0 Å². The van der Waals surface area contributed by atoms with E-state index in [-0.39, 0.29) is 11.9 Å². The van der Waals surface area contributed by atoms with E-state index in [9.17, 15) is 4.79 Å². The summed E-state index contributed by atoms with van der Waals surface area (Å²) in [6.07, 6.45) is 0.948. The number of ether oxygens (including phenoxy) is 1. The van der Waals surface area contributed by atoms with Gasteiger partial charge in [-0.1, -0.05) is 17.7 Å². The summed E-state index contributed by atoms with van der Waals surface area (Å²) in [4.78, 5) is 11.7. The van der Waals surface area contributed by atoms with Crippen LogP contribution in [0, 0.1) is 26.7 Å². The molecule has 0 aromatic heterocycles. The second-order valence-corrected chi connectivity index (χ2v) is 5.01. The Morgan fingerprint density at radius 3 is 2.41 bits per heavy atom. The van der Waals surface area contributed by atoms with Gasteiger partial charge in [0.2, 0.25) is 0 Å². The molecule has 1 saturated carbocycles. The summed E-state index contributed by atoms with van der Waals surface area (Å²) in [6.45, 7) is 8.72. The molecule has 0 radical (unpaired) electrons. The van der Waals surface area contributed by atoms with Gasteiger partial charge in [0.05, 0.1) is 12.5 Å². The summed E-state index contributed by atoms with van der Waals surface area (Å²) in [5, 5.41) is 0. The van der Waals surface area contributed by atoms with Crippen molar-refractivity contribution in [2.24, 2.45) is 5.92 Å². The van der Waals surface area contributed by atoms with Crippen molar-refractivity contribution in [1.29, 1.82) is 0 Å². The lowest BCUT2D eigenvalue weighted by Gasteiger charge is -2.11. The number of carbonyl (C=O) groups excluding carboxylic acids is 1. The Bertz CT molecular complexity index is 425. The predicted molar refractivity (Wildman–Crippen MR) is 68.1 cm³/mol. The summed E-state index contributed by atoms with van der Waals surface area (Å²) < 4.78 is 5.08. The van der Waals surface area contributed by atoms with Gasteiger partial charge in [0.15, 0.2) is 0 Å². The van der Waals surface area contributed by atoms with Crippen LogP contribution in [-0.4, -0.2) is 12.6 Å². The van der Waals surface area contributed by atoms with E-state index >= 15 is 0 Å². The van der Waals surface area contributed by atoms with Gasteiger partial charge in [0, 0.05) is 0 Å². The van der Waals surface area contributed by atoms with E-state index < -0.39 is 0 Å². The number of hydrogen-bond acceptors (Lipinski definition) is 2. The maximum atomic E-state index is 11.7. The van der Waals surface area contributed by atoms with Crippen molar-refractivity contribution in [3.8, 4) is 0 Å². The van der Waals surface area contributed by atoms with E-state index in [1.54, 1.807) is 0 Å². The zero-order valence-electron chi connectivity index (χ0n) is 11.0. The van der Waals surface area contributed by atoms with Gasteiger partial charge in [-0.25, -0.2) is 0 Å². The second kappa shape index (κ2) is 4.52. The molecule has 2 rings (SSSR count). The molecule has 1 aliphatic rings. The van der Waals surface area contributed by atoms with Crippen molar-refractivity contribution in [2.75, 3.05) is 6.61 Å². The van der Waals surface area contributed by atoms with E-state index in [0.717, 1.165) is 6.42 Å². The van der Waals surface area contributed by atoms with Crippen LogP contribution >= 0.6 is 0 Å². The van der Waals surface area contributed by atoms with Crippen molar-refractivity contribution >= 4 is 5.97 Å². The largest absolute Gasteiger partial charge is 0.466 e. The monoisotopic (exact) mass is 232 g/mol. The smallest absolute Gasteiger partial charge is 0.309 e. The molecule has 92 valence electrons. The van der Waals surface area contributed by atoms with Crippen LogP contribution in [-0.2, 0) is 9.53 Å². The Morgan fingerprint density at radius 1 is 1.29 bits per heavy atom. The van der Waals surface area contributed by atoms with E-state index in [1.807, 2.05) is 6.92 Å². The van der Waals surface area contributed by atoms with Gasteiger partial charge in [-0.2, -0.15) is 0 Å². The Balaban J connectivity index is 2.19. The highest BCUT2D eigenvalue weighted by molar-refractivity contribution is 5.77. The van der Waals surface area contributed by atoms with Crippen LogP contribution in [0.3, 0.4) is 0 Å². The molecule has 1 aromatic rings. The normalized spacial score (nSPS) is 22.4. The number of esters is 1. The molecular formula is C15H20O2. The quantitative estimate of drug-likeness (QED) is 0.748. The number of aryl methyl sites for hydroxylation is 3. The fourth-order valence-electron chi connectivity index (χ4n) is 2.80. The summed E-state index contributed by atoms with van der Waals surface area (Å²) in [6, 6.07) is 4.39. The van der Waals surface area contributed by atoms with Gasteiger partial charge in [0.1, 0.15) is 0 Å². The fraction of sp³-hybridized carbons (Fsp3) is 0.533. The SMILES string of the molecule is CCOC(=O)[C@@H]1C[C@@H]1c1c(C)cc(C)cc1C. The minimum Gasteiger partial charge on any atom is -0.466 e. The van der Waals surface area contributed by atoms with Gasteiger partial charge in [-0.15, -0.1) is 0 Å². The highest BCUT2D eigenvalue weighted by Crippen LogP contribution is 2.50. The molecule has 0 unspecified atom stereocenters. The number of benzene rings is 1. The first-order valence-corrected chi connectivity index (χ1v) is 6.29. The third kappa shape index (κ3) is 2.36. The molecule has 1 fully saturated rings. The highest BCUT2D eigenvalue weighted by Gasteiger charge is 2.46. The minimum absolute atomic E-state index is 0.0307. The maximum Gasteiger partial charge on any atom is 0.309 e. The van der Waals surface area contributed by atoms with Crippen molar-refractivity contribution in [3.05, 3.63) is 34.4 Å². The molecular weight excluding hydrogens is 212 g/mol. The molecule has 1 aliphatic carbocycles. The Hall–Kier alpha value is -1.31. The van der Waals surface area contributed by atoms with E-state index in [0.29, 0.717) is 12.5 Å². The molecule has 1 aromatic carbocycles.